The fourth-order valence-electron chi connectivity index (χ4n) is 2.41. The summed E-state index contributed by atoms with van der Waals surface area (Å²) >= 11 is 11.9. The van der Waals surface area contributed by atoms with E-state index in [0.29, 0.717) is 32.4 Å². The number of esters is 1. The molecular formula is C17H11Cl2NO3. The molecule has 3 rings (SSSR count). The molecule has 6 heteroatoms. The Hall–Kier alpha value is -2.30. The third-order valence-electron chi connectivity index (χ3n) is 3.48. The predicted octanol–water partition coefficient (Wildman–Crippen LogP) is 4.27. The third kappa shape index (κ3) is 2.96. The van der Waals surface area contributed by atoms with Crippen LogP contribution in [0.2, 0.25) is 10.0 Å². The Morgan fingerprint density at radius 2 is 1.83 bits per heavy atom. The minimum absolute atomic E-state index is 0.266. The molecule has 23 heavy (non-hydrogen) atoms. The second kappa shape index (κ2) is 6.07. The summed E-state index contributed by atoms with van der Waals surface area (Å²) in [5.41, 5.74) is 2.63. The van der Waals surface area contributed by atoms with E-state index >= 15 is 0 Å². The number of anilines is 1. The van der Waals surface area contributed by atoms with Crippen molar-refractivity contribution in [3.63, 3.8) is 0 Å². The average Bonchev–Trinajstić information content (AvgIpc) is 2.82. The van der Waals surface area contributed by atoms with Crippen LogP contribution < -0.4 is 5.32 Å². The van der Waals surface area contributed by atoms with E-state index in [1.165, 1.54) is 7.11 Å². The van der Waals surface area contributed by atoms with Gasteiger partial charge in [-0.05, 0) is 42.0 Å². The van der Waals surface area contributed by atoms with Gasteiger partial charge in [0.25, 0.3) is 5.91 Å². The van der Waals surface area contributed by atoms with Gasteiger partial charge >= 0.3 is 5.97 Å². The smallest absolute Gasteiger partial charge is 0.338 e. The number of carbonyl (C=O) groups excluding carboxylic acids is 2. The number of benzene rings is 2. The first-order valence-electron chi connectivity index (χ1n) is 6.70. The fourth-order valence-corrected chi connectivity index (χ4v) is 2.77. The number of rotatable bonds is 2. The largest absolute Gasteiger partial charge is 0.465 e. The van der Waals surface area contributed by atoms with Crippen LogP contribution in [0.5, 0.6) is 0 Å². The molecule has 0 unspecified atom stereocenters. The molecule has 1 aliphatic rings. The molecular weight excluding hydrogens is 337 g/mol. The maximum absolute atomic E-state index is 12.2. The number of amides is 1. The summed E-state index contributed by atoms with van der Waals surface area (Å²) in [7, 11) is 1.30. The topological polar surface area (TPSA) is 55.4 Å². The summed E-state index contributed by atoms with van der Waals surface area (Å²) in [6.07, 6.45) is 1.62. The Morgan fingerprint density at radius 1 is 1.13 bits per heavy atom. The van der Waals surface area contributed by atoms with Gasteiger partial charge in [0, 0.05) is 21.2 Å². The molecule has 1 amide bonds. The second-order valence-corrected chi connectivity index (χ2v) is 5.80. The standard InChI is InChI=1S/C17H11Cl2NO3/c1-23-17(22)12-4-2-10(18)6-9(12)7-14-13-5-3-11(19)8-15(13)20-16(14)21/h2-8H,1H3,(H,20,21). The number of carbonyl (C=O) groups is 2. The van der Waals surface area contributed by atoms with Crippen LogP contribution in [0.15, 0.2) is 36.4 Å². The molecule has 1 heterocycles. The molecule has 2 aromatic carbocycles. The number of fused-ring (bicyclic) bond motifs is 1. The molecule has 1 aliphatic heterocycles. The van der Waals surface area contributed by atoms with Gasteiger partial charge in [-0.25, -0.2) is 4.79 Å². The van der Waals surface area contributed by atoms with E-state index in [1.807, 2.05) is 0 Å². The van der Waals surface area contributed by atoms with Crippen molar-refractivity contribution in [2.24, 2.45) is 0 Å². The molecule has 0 saturated carbocycles. The molecule has 0 fully saturated rings. The molecule has 0 bridgehead atoms. The van der Waals surface area contributed by atoms with Crippen LogP contribution in [-0.2, 0) is 9.53 Å². The summed E-state index contributed by atoms with van der Waals surface area (Å²) in [5, 5.41) is 3.73. The summed E-state index contributed by atoms with van der Waals surface area (Å²) in [4.78, 5) is 24.1. The molecule has 116 valence electrons. The quantitative estimate of drug-likeness (QED) is 0.651. The Kier molecular flexibility index (Phi) is 4.11. The number of halogens is 2. The summed E-state index contributed by atoms with van der Waals surface area (Å²) < 4.78 is 4.76. The Balaban J connectivity index is 2.15. The average molecular weight is 348 g/mol. The number of hydrogen-bond donors (Lipinski definition) is 1. The highest BCUT2D eigenvalue weighted by atomic mass is 35.5. The van der Waals surface area contributed by atoms with Crippen LogP contribution >= 0.6 is 23.2 Å². The van der Waals surface area contributed by atoms with Crippen molar-refractivity contribution < 1.29 is 14.3 Å². The highest BCUT2D eigenvalue weighted by Gasteiger charge is 2.25. The van der Waals surface area contributed by atoms with Crippen LogP contribution in [0.1, 0.15) is 21.5 Å². The molecule has 0 radical (unpaired) electrons. The molecule has 0 spiro atoms. The van der Waals surface area contributed by atoms with Crippen LogP contribution in [0, 0.1) is 0 Å². The lowest BCUT2D eigenvalue weighted by Gasteiger charge is -2.06. The minimum atomic E-state index is -0.497. The minimum Gasteiger partial charge on any atom is -0.465 e. The zero-order valence-corrected chi connectivity index (χ0v) is 13.5. The van der Waals surface area contributed by atoms with Crippen molar-refractivity contribution in [3.05, 3.63) is 63.1 Å². The fraction of sp³-hybridized carbons (Fsp3) is 0.0588. The van der Waals surface area contributed by atoms with Crippen molar-refractivity contribution in [1.29, 1.82) is 0 Å². The number of ether oxygens (including phenoxy) is 1. The monoisotopic (exact) mass is 347 g/mol. The van der Waals surface area contributed by atoms with E-state index in [4.69, 9.17) is 27.9 Å². The first-order chi connectivity index (χ1) is 11.0. The van der Waals surface area contributed by atoms with Crippen molar-refractivity contribution in [2.45, 2.75) is 0 Å². The summed E-state index contributed by atoms with van der Waals surface area (Å²) in [6.45, 7) is 0. The van der Waals surface area contributed by atoms with E-state index in [9.17, 15) is 9.59 Å². The van der Waals surface area contributed by atoms with Gasteiger partial charge in [0.2, 0.25) is 0 Å². The molecule has 2 aromatic rings. The van der Waals surface area contributed by atoms with Gasteiger partial charge in [-0.2, -0.15) is 0 Å². The highest BCUT2D eigenvalue weighted by Crippen LogP contribution is 2.35. The third-order valence-corrected chi connectivity index (χ3v) is 3.95. The molecule has 1 N–H and O–H groups in total. The highest BCUT2D eigenvalue weighted by molar-refractivity contribution is 6.37. The van der Waals surface area contributed by atoms with Gasteiger partial charge < -0.3 is 10.1 Å². The SMILES string of the molecule is COC(=O)c1ccc(Cl)cc1C=C1C(=O)Nc2cc(Cl)ccc21. The van der Waals surface area contributed by atoms with E-state index in [1.54, 1.807) is 42.5 Å². The predicted molar refractivity (Wildman–Crippen MR) is 90.7 cm³/mol. The molecule has 0 aromatic heterocycles. The van der Waals surface area contributed by atoms with Gasteiger partial charge in [-0.15, -0.1) is 0 Å². The molecule has 0 atom stereocenters. The van der Waals surface area contributed by atoms with Gasteiger partial charge in [-0.1, -0.05) is 29.3 Å². The van der Waals surface area contributed by atoms with Crippen molar-refractivity contribution in [1.82, 2.24) is 0 Å². The Labute approximate surface area is 142 Å². The zero-order chi connectivity index (χ0) is 16.6. The van der Waals surface area contributed by atoms with Gasteiger partial charge in [0.05, 0.1) is 18.4 Å². The lowest BCUT2D eigenvalue weighted by atomic mass is 10.0. The number of hydrogen-bond acceptors (Lipinski definition) is 3. The zero-order valence-electron chi connectivity index (χ0n) is 12.0. The summed E-state index contributed by atoms with van der Waals surface area (Å²) in [5.74, 6) is -0.763. The molecule has 0 saturated heterocycles. The van der Waals surface area contributed by atoms with Crippen LogP contribution in [0.4, 0.5) is 5.69 Å². The van der Waals surface area contributed by atoms with Gasteiger partial charge in [0.15, 0.2) is 0 Å². The van der Waals surface area contributed by atoms with Gasteiger partial charge in [0.1, 0.15) is 0 Å². The first-order valence-corrected chi connectivity index (χ1v) is 7.46. The normalized spacial score (nSPS) is 14.6. The lowest BCUT2D eigenvalue weighted by molar-refractivity contribution is -0.110. The lowest BCUT2D eigenvalue weighted by Crippen LogP contribution is -2.06. The Morgan fingerprint density at radius 3 is 2.57 bits per heavy atom. The first kappa shape index (κ1) is 15.6. The molecule has 4 nitrogen and oxygen atoms in total. The maximum Gasteiger partial charge on any atom is 0.338 e. The van der Waals surface area contributed by atoms with Crippen molar-refractivity contribution in [3.8, 4) is 0 Å². The second-order valence-electron chi connectivity index (χ2n) is 4.93. The van der Waals surface area contributed by atoms with Crippen molar-refractivity contribution in [2.75, 3.05) is 12.4 Å². The Bertz CT molecular complexity index is 859. The van der Waals surface area contributed by atoms with Crippen LogP contribution in [0.25, 0.3) is 11.6 Å². The summed E-state index contributed by atoms with van der Waals surface area (Å²) in [6, 6.07) is 9.91. The maximum atomic E-state index is 12.2. The van der Waals surface area contributed by atoms with E-state index < -0.39 is 5.97 Å². The number of methoxy groups -OCH3 is 1. The molecule has 0 aliphatic carbocycles. The van der Waals surface area contributed by atoms with Gasteiger partial charge in [-0.3, -0.25) is 4.79 Å². The van der Waals surface area contributed by atoms with E-state index in [0.717, 1.165) is 5.56 Å². The van der Waals surface area contributed by atoms with E-state index in [-0.39, 0.29) is 5.91 Å². The van der Waals surface area contributed by atoms with E-state index in [2.05, 4.69) is 5.32 Å². The number of nitrogens with one attached hydrogen (secondary N) is 1. The van der Waals surface area contributed by atoms with Crippen molar-refractivity contribution >= 4 is 52.4 Å². The van der Waals surface area contributed by atoms with Crippen LogP contribution in [-0.4, -0.2) is 19.0 Å². The van der Waals surface area contributed by atoms with Crippen LogP contribution in [0.3, 0.4) is 0 Å².